The summed E-state index contributed by atoms with van der Waals surface area (Å²) in [5.74, 6) is 0.372. The smallest absolute Gasteiger partial charge is 0.217 e. The van der Waals surface area contributed by atoms with Crippen LogP contribution in [-0.4, -0.2) is 39.9 Å². The molecule has 29 heavy (non-hydrogen) atoms. The molecule has 6 heteroatoms. The van der Waals surface area contributed by atoms with Gasteiger partial charge in [0, 0.05) is 19.4 Å². The molecule has 0 unspecified atom stereocenters. The molecule has 2 aromatic carbocycles. The number of nitrogens with one attached hydrogen (secondary N) is 1. The van der Waals surface area contributed by atoms with E-state index in [0.717, 1.165) is 27.9 Å². The fraction of sp³-hybridized carbons (Fsp3) is 0.304. The SMILES string of the molecule is CC(=O)NC(CO)(CO)CCc1ccc(-c2ccc(-c3coc(C)n3)cc2)cc1. The first-order chi connectivity index (χ1) is 13.9. The van der Waals surface area contributed by atoms with E-state index in [0.29, 0.717) is 18.7 Å². The van der Waals surface area contributed by atoms with E-state index in [1.165, 1.54) is 6.92 Å². The summed E-state index contributed by atoms with van der Waals surface area (Å²) >= 11 is 0. The highest BCUT2D eigenvalue weighted by atomic mass is 16.3. The maximum Gasteiger partial charge on any atom is 0.217 e. The third-order valence-electron chi connectivity index (χ3n) is 5.03. The van der Waals surface area contributed by atoms with Crippen LogP contribution in [0.25, 0.3) is 22.4 Å². The summed E-state index contributed by atoms with van der Waals surface area (Å²) < 4.78 is 5.27. The van der Waals surface area contributed by atoms with Crippen molar-refractivity contribution in [1.82, 2.24) is 10.3 Å². The van der Waals surface area contributed by atoms with Gasteiger partial charge in [0.1, 0.15) is 12.0 Å². The minimum Gasteiger partial charge on any atom is -0.449 e. The van der Waals surface area contributed by atoms with E-state index in [2.05, 4.69) is 10.3 Å². The normalized spacial score (nSPS) is 11.4. The summed E-state index contributed by atoms with van der Waals surface area (Å²) in [7, 11) is 0. The molecular formula is C23H26N2O4. The van der Waals surface area contributed by atoms with Crippen molar-refractivity contribution in [1.29, 1.82) is 0 Å². The molecule has 0 aliphatic heterocycles. The van der Waals surface area contributed by atoms with E-state index in [1.807, 2.05) is 55.5 Å². The van der Waals surface area contributed by atoms with Crippen LogP contribution in [0.2, 0.25) is 0 Å². The molecule has 0 saturated heterocycles. The average molecular weight is 394 g/mol. The molecule has 3 N–H and O–H groups in total. The number of rotatable bonds is 8. The number of aliphatic hydroxyl groups is 2. The summed E-state index contributed by atoms with van der Waals surface area (Å²) in [6.07, 6.45) is 2.73. The van der Waals surface area contributed by atoms with Gasteiger partial charge in [-0.05, 0) is 29.5 Å². The van der Waals surface area contributed by atoms with Gasteiger partial charge in [-0.3, -0.25) is 4.79 Å². The van der Waals surface area contributed by atoms with Crippen LogP contribution in [0, 0.1) is 6.92 Å². The third kappa shape index (κ3) is 5.10. The number of carbonyl (C=O) groups is 1. The molecule has 3 aromatic rings. The van der Waals surface area contributed by atoms with Gasteiger partial charge in [-0.2, -0.15) is 0 Å². The number of hydrogen-bond donors (Lipinski definition) is 3. The maximum atomic E-state index is 11.4. The van der Waals surface area contributed by atoms with Crippen molar-refractivity contribution in [2.24, 2.45) is 0 Å². The number of oxazole rings is 1. The van der Waals surface area contributed by atoms with Crippen LogP contribution in [0.1, 0.15) is 24.8 Å². The molecule has 0 aliphatic rings. The Morgan fingerprint density at radius 1 is 1.00 bits per heavy atom. The molecule has 0 saturated carbocycles. The average Bonchev–Trinajstić information content (AvgIpc) is 3.18. The van der Waals surface area contributed by atoms with Gasteiger partial charge in [0.2, 0.25) is 5.91 Å². The number of aromatic nitrogens is 1. The standard InChI is InChI=1S/C23H26N2O4/c1-16(28)25-23(14-26,15-27)12-11-18-3-5-19(6-4-18)20-7-9-21(10-8-20)22-13-29-17(2)24-22/h3-10,13,26-27H,11-12,14-15H2,1-2H3,(H,25,28). The lowest BCUT2D eigenvalue weighted by Crippen LogP contribution is -2.53. The zero-order chi connectivity index (χ0) is 20.9. The van der Waals surface area contributed by atoms with Crippen LogP contribution in [0.15, 0.2) is 59.2 Å². The molecule has 3 rings (SSSR count). The van der Waals surface area contributed by atoms with Crippen LogP contribution in [0.4, 0.5) is 0 Å². The van der Waals surface area contributed by atoms with E-state index in [9.17, 15) is 15.0 Å². The number of amides is 1. The minimum atomic E-state index is -1.00. The quantitative estimate of drug-likeness (QED) is 0.546. The number of hydrogen-bond acceptors (Lipinski definition) is 5. The molecule has 1 amide bonds. The first-order valence-corrected chi connectivity index (χ1v) is 9.57. The molecule has 0 atom stereocenters. The monoisotopic (exact) mass is 394 g/mol. The first kappa shape index (κ1) is 20.8. The first-order valence-electron chi connectivity index (χ1n) is 9.57. The predicted octanol–water partition coefficient (Wildman–Crippen LogP) is 3.11. The highest BCUT2D eigenvalue weighted by Gasteiger charge is 2.29. The topological polar surface area (TPSA) is 95.6 Å². The molecule has 0 aliphatic carbocycles. The minimum absolute atomic E-state index is 0.271. The fourth-order valence-electron chi connectivity index (χ4n) is 3.30. The number of carbonyl (C=O) groups excluding carboxylic acids is 1. The van der Waals surface area contributed by atoms with Crippen LogP contribution in [0.5, 0.6) is 0 Å². The van der Waals surface area contributed by atoms with E-state index in [4.69, 9.17) is 4.42 Å². The van der Waals surface area contributed by atoms with Crippen molar-refractivity contribution in [2.75, 3.05) is 13.2 Å². The molecule has 6 nitrogen and oxygen atoms in total. The van der Waals surface area contributed by atoms with Crippen LogP contribution in [0.3, 0.4) is 0 Å². The summed E-state index contributed by atoms with van der Waals surface area (Å²) in [6, 6.07) is 16.3. The van der Waals surface area contributed by atoms with Crippen LogP contribution < -0.4 is 5.32 Å². The van der Waals surface area contributed by atoms with Gasteiger partial charge in [0.15, 0.2) is 5.89 Å². The second-order valence-corrected chi connectivity index (χ2v) is 7.30. The van der Waals surface area contributed by atoms with Crippen LogP contribution >= 0.6 is 0 Å². The molecule has 1 heterocycles. The zero-order valence-electron chi connectivity index (χ0n) is 16.7. The zero-order valence-corrected chi connectivity index (χ0v) is 16.7. The molecule has 1 aromatic heterocycles. The van der Waals surface area contributed by atoms with Crippen LogP contribution in [-0.2, 0) is 11.2 Å². The highest BCUT2D eigenvalue weighted by Crippen LogP contribution is 2.25. The Kier molecular flexibility index (Phi) is 6.46. The lowest BCUT2D eigenvalue weighted by atomic mass is 9.92. The van der Waals surface area contributed by atoms with Gasteiger partial charge in [0.05, 0.1) is 18.8 Å². The lowest BCUT2D eigenvalue weighted by Gasteiger charge is -2.30. The summed E-state index contributed by atoms with van der Waals surface area (Å²) in [5.41, 5.74) is 4.08. The van der Waals surface area contributed by atoms with Gasteiger partial charge in [-0.15, -0.1) is 0 Å². The molecule has 0 bridgehead atoms. The number of aliphatic hydroxyl groups excluding tert-OH is 2. The van der Waals surface area contributed by atoms with E-state index in [1.54, 1.807) is 6.26 Å². The largest absolute Gasteiger partial charge is 0.449 e. The Morgan fingerprint density at radius 3 is 2.03 bits per heavy atom. The van der Waals surface area contributed by atoms with Crippen molar-refractivity contribution >= 4 is 5.91 Å². The van der Waals surface area contributed by atoms with Gasteiger partial charge in [-0.1, -0.05) is 48.5 Å². The van der Waals surface area contributed by atoms with E-state index in [-0.39, 0.29) is 19.1 Å². The van der Waals surface area contributed by atoms with Crippen molar-refractivity contribution in [3.05, 3.63) is 66.2 Å². The number of nitrogens with zero attached hydrogens (tertiary/aromatic N) is 1. The number of benzene rings is 2. The fourth-order valence-corrected chi connectivity index (χ4v) is 3.30. The van der Waals surface area contributed by atoms with E-state index < -0.39 is 5.54 Å². The maximum absolute atomic E-state index is 11.4. The molecule has 0 fully saturated rings. The summed E-state index contributed by atoms with van der Waals surface area (Å²) in [5, 5.41) is 21.9. The van der Waals surface area contributed by atoms with Crippen molar-refractivity contribution in [3.63, 3.8) is 0 Å². The highest BCUT2D eigenvalue weighted by molar-refractivity contribution is 5.74. The Bertz CT molecular complexity index is 942. The van der Waals surface area contributed by atoms with Crippen molar-refractivity contribution in [2.45, 2.75) is 32.2 Å². The Balaban J connectivity index is 1.67. The molecule has 0 spiro atoms. The van der Waals surface area contributed by atoms with Gasteiger partial charge >= 0.3 is 0 Å². The predicted molar refractivity (Wildman–Crippen MR) is 111 cm³/mol. The second-order valence-electron chi connectivity index (χ2n) is 7.30. The summed E-state index contributed by atoms with van der Waals surface area (Å²) in [4.78, 5) is 15.7. The van der Waals surface area contributed by atoms with Crippen molar-refractivity contribution in [3.8, 4) is 22.4 Å². The van der Waals surface area contributed by atoms with E-state index >= 15 is 0 Å². The number of aryl methyl sites for hydroxylation is 2. The third-order valence-corrected chi connectivity index (χ3v) is 5.03. The van der Waals surface area contributed by atoms with Crippen molar-refractivity contribution < 1.29 is 19.4 Å². The Morgan fingerprint density at radius 2 is 1.55 bits per heavy atom. The van der Waals surface area contributed by atoms with Gasteiger partial charge in [-0.25, -0.2) is 4.98 Å². The Labute approximate surface area is 170 Å². The van der Waals surface area contributed by atoms with Gasteiger partial charge in [0.25, 0.3) is 0 Å². The molecule has 152 valence electrons. The second kappa shape index (κ2) is 9.03. The molecular weight excluding hydrogens is 368 g/mol. The summed E-state index contributed by atoms with van der Waals surface area (Å²) in [6.45, 7) is 2.59. The molecule has 0 radical (unpaired) electrons. The van der Waals surface area contributed by atoms with Gasteiger partial charge < -0.3 is 19.9 Å². The lowest BCUT2D eigenvalue weighted by molar-refractivity contribution is -0.122. The Hall–Kier alpha value is -2.96.